The molecule has 33 heavy (non-hydrogen) atoms. The number of likely N-dealkylation sites (tertiary alicyclic amines) is 1. The first kappa shape index (κ1) is 22.3. The van der Waals surface area contributed by atoms with Crippen LogP contribution in [0.15, 0.2) is 53.6 Å². The number of nitrogens with one attached hydrogen (secondary N) is 1. The molecule has 2 aromatic carbocycles. The van der Waals surface area contributed by atoms with Gasteiger partial charge in [-0.1, -0.05) is 0 Å². The second kappa shape index (κ2) is 9.40. The lowest BCUT2D eigenvalue weighted by Crippen LogP contribution is -2.42. The number of rotatable bonds is 7. The van der Waals surface area contributed by atoms with Crippen LogP contribution in [0.3, 0.4) is 0 Å². The average molecular weight is 473 g/mol. The van der Waals surface area contributed by atoms with Gasteiger partial charge in [0.2, 0.25) is 10.0 Å². The van der Waals surface area contributed by atoms with Crippen molar-refractivity contribution >= 4 is 20.9 Å². The molecule has 2 aliphatic heterocycles. The predicted octanol–water partition coefficient (Wildman–Crippen LogP) is 3.79. The van der Waals surface area contributed by atoms with Crippen molar-refractivity contribution in [1.29, 1.82) is 0 Å². The monoisotopic (exact) mass is 472 g/mol. The van der Waals surface area contributed by atoms with Crippen LogP contribution in [0.4, 0.5) is 4.39 Å². The van der Waals surface area contributed by atoms with Gasteiger partial charge in [-0.15, -0.1) is 0 Å². The lowest BCUT2D eigenvalue weighted by molar-refractivity contribution is 0.0970. The van der Waals surface area contributed by atoms with Gasteiger partial charge in [-0.3, -0.25) is 5.10 Å². The summed E-state index contributed by atoms with van der Waals surface area (Å²) in [6.45, 7) is 3.28. The van der Waals surface area contributed by atoms with Gasteiger partial charge < -0.3 is 9.64 Å². The second-order valence-electron chi connectivity index (χ2n) is 8.93. The van der Waals surface area contributed by atoms with Gasteiger partial charge in [0.1, 0.15) is 17.7 Å². The number of ether oxygens (including phenoxy) is 1. The van der Waals surface area contributed by atoms with E-state index in [-0.39, 0.29) is 18.0 Å². The number of aromatic nitrogens is 2. The molecule has 1 aromatic heterocycles. The number of nitrogens with zero attached hydrogens (tertiary/aromatic N) is 3. The van der Waals surface area contributed by atoms with Crippen molar-refractivity contribution in [1.82, 2.24) is 19.4 Å². The summed E-state index contributed by atoms with van der Waals surface area (Å²) in [5.41, 5.74) is 0.734. The lowest BCUT2D eigenvalue weighted by atomic mass is 10.1. The number of benzene rings is 2. The van der Waals surface area contributed by atoms with Gasteiger partial charge >= 0.3 is 0 Å². The molecule has 1 atom stereocenters. The summed E-state index contributed by atoms with van der Waals surface area (Å²) in [7, 11) is -3.54. The number of aromatic amines is 1. The van der Waals surface area contributed by atoms with Crippen LogP contribution in [0.2, 0.25) is 0 Å². The van der Waals surface area contributed by atoms with Crippen LogP contribution in [-0.2, 0) is 10.0 Å². The van der Waals surface area contributed by atoms with E-state index >= 15 is 0 Å². The van der Waals surface area contributed by atoms with E-state index in [4.69, 9.17) is 4.74 Å². The normalized spacial score (nSPS) is 21.1. The fourth-order valence-corrected chi connectivity index (χ4v) is 6.66. The summed E-state index contributed by atoms with van der Waals surface area (Å²) in [5.74, 6) is 0.442. The zero-order valence-corrected chi connectivity index (χ0v) is 19.3. The maximum Gasteiger partial charge on any atom is 0.243 e. The number of halogens is 1. The summed E-state index contributed by atoms with van der Waals surface area (Å²) < 4.78 is 47.4. The molecule has 5 rings (SSSR count). The third-order valence-corrected chi connectivity index (χ3v) is 8.72. The highest BCUT2D eigenvalue weighted by atomic mass is 32.2. The van der Waals surface area contributed by atoms with Crippen molar-refractivity contribution in [2.75, 3.05) is 26.2 Å². The molecule has 3 heterocycles. The Hall–Kier alpha value is -2.49. The van der Waals surface area contributed by atoms with Gasteiger partial charge in [-0.2, -0.15) is 9.40 Å². The zero-order chi connectivity index (χ0) is 22.8. The molecule has 0 bridgehead atoms. The minimum atomic E-state index is -3.54. The molecule has 2 fully saturated rings. The molecule has 0 amide bonds. The van der Waals surface area contributed by atoms with E-state index in [1.165, 1.54) is 12.1 Å². The number of piperidine rings is 1. The Morgan fingerprint density at radius 3 is 2.64 bits per heavy atom. The maximum absolute atomic E-state index is 13.3. The Labute approximate surface area is 193 Å². The molecule has 7 nitrogen and oxygen atoms in total. The van der Waals surface area contributed by atoms with E-state index in [0.717, 1.165) is 62.6 Å². The topological polar surface area (TPSA) is 78.5 Å². The summed E-state index contributed by atoms with van der Waals surface area (Å²) in [4.78, 5) is 2.72. The van der Waals surface area contributed by atoms with E-state index in [0.29, 0.717) is 17.2 Å². The quantitative estimate of drug-likeness (QED) is 0.566. The van der Waals surface area contributed by atoms with Crippen molar-refractivity contribution in [2.24, 2.45) is 0 Å². The highest BCUT2D eigenvalue weighted by Gasteiger charge is 2.35. The summed E-state index contributed by atoms with van der Waals surface area (Å²) in [6, 6.07) is 11.3. The van der Waals surface area contributed by atoms with E-state index in [2.05, 4.69) is 15.1 Å². The number of sulfonamides is 1. The number of fused-ring (bicyclic) bond motifs is 1. The highest BCUT2D eigenvalue weighted by molar-refractivity contribution is 7.89. The van der Waals surface area contributed by atoms with Crippen molar-refractivity contribution in [2.45, 2.75) is 49.1 Å². The van der Waals surface area contributed by atoms with E-state index in [1.54, 1.807) is 40.8 Å². The van der Waals surface area contributed by atoms with Crippen LogP contribution in [0.25, 0.3) is 10.9 Å². The van der Waals surface area contributed by atoms with Gasteiger partial charge in [0.25, 0.3) is 0 Å². The Bertz CT molecular complexity index is 1190. The minimum Gasteiger partial charge on any atom is -0.490 e. The summed E-state index contributed by atoms with van der Waals surface area (Å²) in [6.07, 6.45) is 6.27. The Balaban J connectivity index is 1.15. The van der Waals surface area contributed by atoms with Crippen molar-refractivity contribution in [3.63, 3.8) is 0 Å². The third kappa shape index (κ3) is 4.90. The SMILES string of the molecule is O=S(=O)(c1ccc2cn[nH]c2c1)N1CCC[C@@H]1CCN1CCC(Oc2ccc(F)cc2)CC1. The average Bonchev–Trinajstić information content (AvgIpc) is 3.49. The summed E-state index contributed by atoms with van der Waals surface area (Å²) in [5, 5.41) is 7.75. The Kier molecular flexibility index (Phi) is 6.36. The first-order valence-electron chi connectivity index (χ1n) is 11.6. The standard InChI is InChI=1S/C24H29FN4O3S/c25-19-4-6-21(7-5-19)32-22-10-14-28(15-11-22)13-9-20-2-1-12-29(20)33(30,31)23-8-3-18-17-26-27-24(18)16-23/h3-8,16-17,20,22H,1-2,9-15H2,(H,26,27)/t20-/m1/s1. The smallest absolute Gasteiger partial charge is 0.243 e. The molecule has 3 aromatic rings. The fraction of sp³-hybridized carbons (Fsp3) is 0.458. The predicted molar refractivity (Wildman–Crippen MR) is 124 cm³/mol. The summed E-state index contributed by atoms with van der Waals surface area (Å²) >= 11 is 0. The molecular weight excluding hydrogens is 443 g/mol. The Morgan fingerprint density at radius 2 is 1.85 bits per heavy atom. The van der Waals surface area contributed by atoms with Gasteiger partial charge in [-0.25, -0.2) is 12.8 Å². The molecule has 0 unspecified atom stereocenters. The molecule has 9 heteroatoms. The molecular formula is C24H29FN4O3S. The van der Waals surface area contributed by atoms with Crippen LogP contribution in [0.5, 0.6) is 5.75 Å². The van der Waals surface area contributed by atoms with Crippen molar-refractivity contribution < 1.29 is 17.5 Å². The van der Waals surface area contributed by atoms with Crippen LogP contribution < -0.4 is 4.74 Å². The van der Waals surface area contributed by atoms with Crippen molar-refractivity contribution in [3.05, 3.63) is 54.5 Å². The van der Waals surface area contributed by atoms with E-state index in [9.17, 15) is 12.8 Å². The molecule has 0 radical (unpaired) electrons. The minimum absolute atomic E-state index is 0.0284. The van der Waals surface area contributed by atoms with E-state index < -0.39 is 10.0 Å². The van der Waals surface area contributed by atoms with Crippen LogP contribution in [0.1, 0.15) is 32.1 Å². The molecule has 0 saturated carbocycles. The molecule has 2 saturated heterocycles. The van der Waals surface area contributed by atoms with Crippen LogP contribution >= 0.6 is 0 Å². The first-order valence-corrected chi connectivity index (χ1v) is 13.0. The lowest BCUT2D eigenvalue weighted by Gasteiger charge is -2.33. The molecule has 1 N–H and O–H groups in total. The van der Waals surface area contributed by atoms with Crippen LogP contribution in [0, 0.1) is 5.82 Å². The zero-order valence-electron chi connectivity index (χ0n) is 18.5. The maximum atomic E-state index is 13.3. The first-order chi connectivity index (χ1) is 16.0. The molecule has 176 valence electrons. The second-order valence-corrected chi connectivity index (χ2v) is 10.8. The van der Waals surface area contributed by atoms with Crippen LogP contribution in [-0.4, -0.2) is 66.1 Å². The fourth-order valence-electron chi connectivity index (χ4n) is 4.91. The van der Waals surface area contributed by atoms with Gasteiger partial charge in [0.05, 0.1) is 16.6 Å². The third-order valence-electron chi connectivity index (χ3n) is 6.77. The van der Waals surface area contributed by atoms with Gasteiger partial charge in [0, 0.05) is 31.1 Å². The number of hydrogen-bond donors (Lipinski definition) is 1. The van der Waals surface area contributed by atoms with E-state index in [1.807, 2.05) is 0 Å². The van der Waals surface area contributed by atoms with Gasteiger partial charge in [0.15, 0.2) is 0 Å². The van der Waals surface area contributed by atoms with Gasteiger partial charge in [-0.05, 0) is 81.1 Å². The Morgan fingerprint density at radius 1 is 1.06 bits per heavy atom. The molecule has 0 spiro atoms. The largest absolute Gasteiger partial charge is 0.490 e. The number of H-pyrrole nitrogens is 1. The molecule has 2 aliphatic rings. The highest BCUT2D eigenvalue weighted by Crippen LogP contribution is 2.30. The molecule has 0 aliphatic carbocycles. The van der Waals surface area contributed by atoms with Crippen molar-refractivity contribution in [3.8, 4) is 5.75 Å². The number of hydrogen-bond acceptors (Lipinski definition) is 5.